The predicted molar refractivity (Wildman–Crippen MR) is 96.5 cm³/mol. The van der Waals surface area contributed by atoms with Gasteiger partial charge in [0.05, 0.1) is 0 Å². The molecule has 22 heavy (non-hydrogen) atoms. The van der Waals surface area contributed by atoms with Crippen molar-refractivity contribution < 1.29 is 0 Å². The van der Waals surface area contributed by atoms with Crippen molar-refractivity contribution in [2.24, 2.45) is 0 Å². The Kier molecular flexibility index (Phi) is 5.62. The van der Waals surface area contributed by atoms with Gasteiger partial charge in [0.25, 0.3) is 0 Å². The summed E-state index contributed by atoms with van der Waals surface area (Å²) in [6.07, 6.45) is 5.36. The number of hydrogen-bond acceptors (Lipinski definition) is 3. The van der Waals surface area contributed by atoms with E-state index in [1.807, 2.05) is 0 Å². The zero-order chi connectivity index (χ0) is 16.5. The van der Waals surface area contributed by atoms with Crippen LogP contribution in [-0.2, 0) is 0 Å². The van der Waals surface area contributed by atoms with Crippen LogP contribution in [-0.4, -0.2) is 71.1 Å². The normalized spacial score (nSPS) is 25.1. The molecule has 2 saturated heterocycles. The first-order chi connectivity index (χ1) is 10.1. The van der Waals surface area contributed by atoms with E-state index in [9.17, 15) is 0 Å². The van der Waals surface area contributed by atoms with Gasteiger partial charge in [-0.1, -0.05) is 0 Å². The summed E-state index contributed by atoms with van der Waals surface area (Å²) in [4.78, 5) is 8.03. The zero-order valence-electron chi connectivity index (χ0n) is 16.2. The van der Waals surface area contributed by atoms with E-state index >= 15 is 0 Å². The van der Waals surface area contributed by atoms with Gasteiger partial charge in [0, 0.05) is 49.3 Å². The van der Waals surface area contributed by atoms with Crippen LogP contribution in [0.5, 0.6) is 0 Å². The summed E-state index contributed by atoms with van der Waals surface area (Å²) in [5.74, 6) is 0. The van der Waals surface area contributed by atoms with Crippen LogP contribution in [0, 0.1) is 0 Å². The molecule has 2 fully saturated rings. The highest BCUT2D eigenvalue weighted by Gasteiger charge is 2.33. The van der Waals surface area contributed by atoms with Crippen molar-refractivity contribution in [2.75, 3.05) is 33.2 Å². The van der Waals surface area contributed by atoms with E-state index in [-0.39, 0.29) is 0 Å². The van der Waals surface area contributed by atoms with Gasteiger partial charge in [0.1, 0.15) is 0 Å². The molecule has 2 heterocycles. The van der Waals surface area contributed by atoms with Crippen molar-refractivity contribution >= 4 is 0 Å². The maximum atomic E-state index is 2.72. The Morgan fingerprint density at radius 1 is 0.636 bits per heavy atom. The molecule has 0 unspecified atom stereocenters. The number of piperidine rings is 2. The molecule has 0 aromatic carbocycles. The lowest BCUT2D eigenvalue weighted by Crippen LogP contribution is -2.55. The van der Waals surface area contributed by atoms with Crippen LogP contribution in [0.1, 0.15) is 67.2 Å². The minimum absolute atomic E-state index is 0.335. The van der Waals surface area contributed by atoms with Crippen molar-refractivity contribution in [3.63, 3.8) is 0 Å². The van der Waals surface area contributed by atoms with E-state index in [1.54, 1.807) is 0 Å². The van der Waals surface area contributed by atoms with Gasteiger partial charge in [0.2, 0.25) is 0 Å². The Morgan fingerprint density at radius 3 is 1.14 bits per heavy atom. The maximum absolute atomic E-state index is 2.72. The van der Waals surface area contributed by atoms with Crippen molar-refractivity contribution in [3.8, 4) is 0 Å². The average Bonchev–Trinajstić information content (AvgIpc) is 2.45. The Labute approximate surface area is 139 Å². The van der Waals surface area contributed by atoms with Gasteiger partial charge in [-0.05, 0) is 74.3 Å². The van der Waals surface area contributed by atoms with E-state index < -0.39 is 0 Å². The molecule has 0 saturated carbocycles. The van der Waals surface area contributed by atoms with Gasteiger partial charge in [-0.3, -0.25) is 9.80 Å². The van der Waals surface area contributed by atoms with Crippen LogP contribution in [0.4, 0.5) is 0 Å². The van der Waals surface area contributed by atoms with Gasteiger partial charge >= 0.3 is 0 Å². The van der Waals surface area contributed by atoms with Gasteiger partial charge in [-0.2, -0.15) is 0 Å². The van der Waals surface area contributed by atoms with E-state index in [2.05, 4.69) is 63.3 Å². The number of rotatable bonds is 2. The lowest BCUT2D eigenvalue weighted by molar-refractivity contribution is 0.0191. The molecule has 0 N–H and O–H groups in total. The summed E-state index contributed by atoms with van der Waals surface area (Å²) in [5, 5.41) is 0. The van der Waals surface area contributed by atoms with Gasteiger partial charge in [-0.25, -0.2) is 0 Å². The molecule has 0 bridgehead atoms. The van der Waals surface area contributed by atoms with Gasteiger partial charge in [-0.15, -0.1) is 0 Å². The highest BCUT2D eigenvalue weighted by molar-refractivity contribution is 4.90. The highest BCUT2D eigenvalue weighted by atomic mass is 15.3. The molecule has 0 amide bonds. The maximum Gasteiger partial charge on any atom is 0.0125 e. The predicted octanol–water partition coefficient (Wildman–Crippen LogP) is 3.44. The van der Waals surface area contributed by atoms with Crippen LogP contribution in [0.15, 0.2) is 0 Å². The fraction of sp³-hybridized carbons (Fsp3) is 1.00. The van der Waals surface area contributed by atoms with Crippen LogP contribution in [0.3, 0.4) is 0 Å². The second kappa shape index (κ2) is 6.78. The first-order valence-corrected chi connectivity index (χ1v) is 9.31. The summed E-state index contributed by atoms with van der Waals surface area (Å²) in [6.45, 7) is 19.1. The Morgan fingerprint density at radius 2 is 0.909 bits per heavy atom. The molecule has 3 nitrogen and oxygen atoms in total. The summed E-state index contributed by atoms with van der Waals surface area (Å²) >= 11 is 0. The molecular weight excluding hydrogens is 270 g/mol. The molecule has 0 atom stereocenters. The minimum atomic E-state index is 0.335. The van der Waals surface area contributed by atoms with Crippen molar-refractivity contribution in [2.45, 2.75) is 90.4 Å². The topological polar surface area (TPSA) is 9.72 Å². The molecule has 0 aliphatic carbocycles. The molecule has 2 aliphatic heterocycles. The molecule has 0 aromatic rings. The average molecular weight is 310 g/mol. The molecule has 2 rings (SSSR count). The third-order valence-corrected chi connectivity index (χ3v) is 5.98. The Bertz CT molecular complexity index is 303. The first kappa shape index (κ1) is 18.2. The number of hydrogen-bond donors (Lipinski definition) is 0. The van der Waals surface area contributed by atoms with Gasteiger partial charge in [0.15, 0.2) is 0 Å². The minimum Gasteiger partial charge on any atom is -0.300 e. The highest BCUT2D eigenvalue weighted by Crippen LogP contribution is 2.27. The van der Waals surface area contributed by atoms with Crippen LogP contribution in [0.25, 0.3) is 0 Å². The van der Waals surface area contributed by atoms with Crippen molar-refractivity contribution in [3.05, 3.63) is 0 Å². The van der Waals surface area contributed by atoms with Crippen LogP contribution in [0.2, 0.25) is 0 Å². The SMILES string of the molecule is CN(C1CCN(C(C)(C)C)CC1)C1CCN(C(C)(C)C)CC1. The third kappa shape index (κ3) is 4.46. The zero-order valence-corrected chi connectivity index (χ0v) is 16.2. The third-order valence-electron chi connectivity index (χ3n) is 5.98. The van der Waals surface area contributed by atoms with Crippen molar-refractivity contribution in [1.82, 2.24) is 14.7 Å². The molecule has 0 aromatic heterocycles. The smallest absolute Gasteiger partial charge is 0.0125 e. The largest absolute Gasteiger partial charge is 0.300 e. The van der Waals surface area contributed by atoms with Crippen molar-refractivity contribution in [1.29, 1.82) is 0 Å². The van der Waals surface area contributed by atoms with Crippen LogP contribution < -0.4 is 0 Å². The fourth-order valence-corrected chi connectivity index (χ4v) is 4.19. The van der Waals surface area contributed by atoms with Crippen LogP contribution >= 0.6 is 0 Å². The van der Waals surface area contributed by atoms with E-state index in [0.29, 0.717) is 11.1 Å². The number of likely N-dealkylation sites (tertiary alicyclic amines) is 2. The van der Waals surface area contributed by atoms with E-state index in [1.165, 1.54) is 51.9 Å². The molecule has 130 valence electrons. The second-order valence-electron chi connectivity index (χ2n) is 9.44. The molecule has 3 heteroatoms. The monoisotopic (exact) mass is 309 g/mol. The second-order valence-corrected chi connectivity index (χ2v) is 9.44. The molecular formula is C19H39N3. The van der Waals surface area contributed by atoms with Gasteiger partial charge < -0.3 is 4.90 Å². The Hall–Kier alpha value is -0.120. The fourth-order valence-electron chi connectivity index (χ4n) is 4.19. The molecule has 2 aliphatic rings. The quantitative estimate of drug-likeness (QED) is 0.773. The summed E-state index contributed by atoms with van der Waals surface area (Å²) in [5.41, 5.74) is 0.670. The summed E-state index contributed by atoms with van der Waals surface area (Å²) in [7, 11) is 2.38. The molecule has 0 radical (unpaired) electrons. The standard InChI is InChI=1S/C19H39N3/c1-18(2,3)21-12-8-16(9-13-21)20(7)17-10-14-22(15-11-17)19(4,5)6/h16-17H,8-15H2,1-7H3. The first-order valence-electron chi connectivity index (χ1n) is 9.31. The lowest BCUT2D eigenvalue weighted by Gasteiger charge is -2.47. The molecule has 0 spiro atoms. The van der Waals surface area contributed by atoms with E-state index in [4.69, 9.17) is 0 Å². The Balaban J connectivity index is 1.81. The summed E-state index contributed by atoms with van der Waals surface area (Å²) in [6, 6.07) is 1.59. The van der Waals surface area contributed by atoms with E-state index in [0.717, 1.165) is 12.1 Å². The lowest BCUT2D eigenvalue weighted by atomic mass is 9.93. The summed E-state index contributed by atoms with van der Waals surface area (Å²) < 4.78 is 0. The number of nitrogens with zero attached hydrogens (tertiary/aromatic N) is 3.